The first-order chi connectivity index (χ1) is 13.5. The molecule has 0 bridgehead atoms. The molecule has 0 saturated heterocycles. The summed E-state index contributed by atoms with van der Waals surface area (Å²) in [5.74, 6) is 0.628. The van der Waals surface area contributed by atoms with Crippen molar-refractivity contribution in [1.29, 1.82) is 0 Å². The van der Waals surface area contributed by atoms with Gasteiger partial charge in [-0.2, -0.15) is 0 Å². The lowest BCUT2D eigenvalue weighted by Gasteiger charge is -2.31. The molecule has 4 rings (SSSR count). The Bertz CT molecular complexity index is 1110. The van der Waals surface area contributed by atoms with Crippen molar-refractivity contribution >= 4 is 47.1 Å². The van der Waals surface area contributed by atoms with Crippen molar-refractivity contribution in [3.8, 4) is 0 Å². The van der Waals surface area contributed by atoms with Crippen molar-refractivity contribution in [2.24, 2.45) is 4.99 Å². The lowest BCUT2D eigenvalue weighted by Crippen LogP contribution is -2.41. The highest BCUT2D eigenvalue weighted by Crippen LogP contribution is 2.26. The van der Waals surface area contributed by atoms with E-state index in [1.165, 1.54) is 19.8 Å². The third-order valence-corrected chi connectivity index (χ3v) is 7.79. The number of fused-ring (bicyclic) bond motifs is 4. The summed E-state index contributed by atoms with van der Waals surface area (Å²) >= 11 is 1.79. The Kier molecular flexibility index (Phi) is 5.38. The fourth-order valence-corrected chi connectivity index (χ4v) is 5.30. The Hall–Kier alpha value is -1.99. The monoisotopic (exact) mass is 410 g/mol. The molecule has 1 N–H and O–H groups in total. The van der Waals surface area contributed by atoms with Crippen LogP contribution in [0, 0.1) is 0 Å². The van der Waals surface area contributed by atoms with Crippen LogP contribution in [-0.4, -0.2) is 43.9 Å². The van der Waals surface area contributed by atoms with Crippen LogP contribution in [-0.2, 0) is 4.74 Å². The van der Waals surface area contributed by atoms with Gasteiger partial charge >= 0.3 is 0 Å². The number of nitrogens with zero attached hydrogens (tertiary/aromatic N) is 2. The maximum atomic E-state index is 9.93. The van der Waals surface area contributed by atoms with Gasteiger partial charge in [-0.15, -0.1) is 11.3 Å². The molecule has 1 aromatic heterocycles. The van der Waals surface area contributed by atoms with Gasteiger partial charge in [0.25, 0.3) is 0 Å². The van der Waals surface area contributed by atoms with Crippen molar-refractivity contribution in [3.05, 3.63) is 57.9 Å². The minimum Gasteiger partial charge on any atom is -0.388 e. The molecule has 1 aliphatic carbocycles. The Labute approximate surface area is 170 Å². The number of aliphatic hydroxyl groups excluding tert-OH is 1. The zero-order valence-corrected chi connectivity index (χ0v) is 18.4. The molecular formula is C22H26N2O2SSi. The SMILES string of the molecule is C[Si](C)(C)CCOCN1C(CO)=NC=C2C=CC=c3sc4ccccc4c3=C21. The smallest absolute Gasteiger partial charge is 0.136 e. The van der Waals surface area contributed by atoms with E-state index in [1.54, 1.807) is 11.3 Å². The Balaban J connectivity index is 1.81. The van der Waals surface area contributed by atoms with Crippen LogP contribution >= 0.6 is 11.3 Å². The second-order valence-electron chi connectivity index (χ2n) is 8.28. The zero-order chi connectivity index (χ0) is 19.7. The Morgan fingerprint density at radius 2 is 2.04 bits per heavy atom. The number of benzene rings is 1. The summed E-state index contributed by atoms with van der Waals surface area (Å²) in [6, 6.07) is 9.60. The molecule has 0 atom stereocenters. The molecule has 1 aromatic carbocycles. The summed E-state index contributed by atoms with van der Waals surface area (Å²) in [5.41, 5.74) is 2.12. The van der Waals surface area contributed by atoms with Crippen LogP contribution in [0.3, 0.4) is 0 Å². The molecule has 0 saturated carbocycles. The molecule has 0 radical (unpaired) electrons. The molecule has 2 aromatic rings. The van der Waals surface area contributed by atoms with Gasteiger partial charge in [0.2, 0.25) is 0 Å². The molecular weight excluding hydrogens is 384 g/mol. The van der Waals surface area contributed by atoms with Gasteiger partial charge in [-0.1, -0.05) is 50.0 Å². The molecule has 0 amide bonds. The van der Waals surface area contributed by atoms with Crippen LogP contribution in [0.4, 0.5) is 0 Å². The van der Waals surface area contributed by atoms with Gasteiger partial charge in [0.15, 0.2) is 0 Å². The van der Waals surface area contributed by atoms with Crippen LogP contribution in [0.2, 0.25) is 25.7 Å². The fourth-order valence-electron chi connectivity index (χ4n) is 3.43. The highest BCUT2D eigenvalue weighted by molar-refractivity contribution is 7.17. The summed E-state index contributed by atoms with van der Waals surface area (Å²) in [6.07, 6.45) is 8.18. The number of aliphatic hydroxyl groups is 1. The van der Waals surface area contributed by atoms with E-state index in [4.69, 9.17) is 4.74 Å². The largest absolute Gasteiger partial charge is 0.388 e. The summed E-state index contributed by atoms with van der Waals surface area (Å²) in [7, 11) is -1.15. The van der Waals surface area contributed by atoms with Crippen LogP contribution in [0.25, 0.3) is 21.9 Å². The lowest BCUT2D eigenvalue weighted by molar-refractivity contribution is 0.0943. The second-order valence-corrected chi connectivity index (χ2v) is 15.0. The summed E-state index contributed by atoms with van der Waals surface area (Å²) in [6.45, 7) is 8.06. The van der Waals surface area contributed by atoms with Gasteiger partial charge in [0.05, 0.1) is 5.70 Å². The van der Waals surface area contributed by atoms with Crippen molar-refractivity contribution in [3.63, 3.8) is 0 Å². The maximum Gasteiger partial charge on any atom is 0.136 e. The summed E-state index contributed by atoms with van der Waals surface area (Å²) in [4.78, 5) is 6.54. The topological polar surface area (TPSA) is 45.1 Å². The zero-order valence-electron chi connectivity index (χ0n) is 16.6. The normalized spacial score (nSPS) is 16.3. The molecule has 146 valence electrons. The number of aliphatic imine (C=N–C) groups is 1. The van der Waals surface area contributed by atoms with Crippen LogP contribution in [0.1, 0.15) is 0 Å². The van der Waals surface area contributed by atoms with Crippen molar-refractivity contribution in [2.45, 2.75) is 25.7 Å². The quantitative estimate of drug-likeness (QED) is 0.587. The van der Waals surface area contributed by atoms with E-state index in [1.807, 2.05) is 11.1 Å². The number of allylic oxidation sites excluding steroid dienone is 1. The van der Waals surface area contributed by atoms with Crippen molar-refractivity contribution < 1.29 is 9.84 Å². The van der Waals surface area contributed by atoms with Crippen molar-refractivity contribution in [1.82, 2.24) is 4.90 Å². The molecule has 6 heteroatoms. The third kappa shape index (κ3) is 3.78. The van der Waals surface area contributed by atoms with E-state index in [0.29, 0.717) is 12.6 Å². The van der Waals surface area contributed by atoms with E-state index in [0.717, 1.165) is 23.9 Å². The third-order valence-electron chi connectivity index (χ3n) is 4.95. The molecule has 2 aliphatic rings. The second kappa shape index (κ2) is 7.79. The maximum absolute atomic E-state index is 9.93. The van der Waals surface area contributed by atoms with Gasteiger partial charge in [0, 0.05) is 46.3 Å². The summed E-state index contributed by atoms with van der Waals surface area (Å²) < 4.78 is 8.55. The molecule has 2 heterocycles. The minimum absolute atomic E-state index is 0.116. The van der Waals surface area contributed by atoms with E-state index in [2.05, 4.69) is 67.1 Å². The molecule has 0 fully saturated rings. The molecule has 0 spiro atoms. The Morgan fingerprint density at radius 1 is 1.21 bits per heavy atom. The average Bonchev–Trinajstić information content (AvgIpc) is 2.92. The van der Waals surface area contributed by atoms with Gasteiger partial charge in [-0.25, -0.2) is 4.99 Å². The van der Waals surface area contributed by atoms with Crippen molar-refractivity contribution in [2.75, 3.05) is 19.9 Å². The fraction of sp³-hybridized carbons (Fsp3) is 0.318. The standard InChI is InChI=1S/C22H26N2O2SSi/c1-28(2,3)12-11-26-15-24-20(14-25)23-13-16-7-6-10-19-21(22(16)24)17-8-4-5-9-18(17)27-19/h4-10,13,25H,11-12,14-15H2,1-3H3. The number of rotatable bonds is 6. The van der Waals surface area contributed by atoms with E-state index >= 15 is 0 Å². The van der Waals surface area contributed by atoms with Crippen LogP contribution in [0.15, 0.2) is 53.2 Å². The lowest BCUT2D eigenvalue weighted by atomic mass is 10.1. The Morgan fingerprint density at radius 3 is 2.82 bits per heavy atom. The van der Waals surface area contributed by atoms with E-state index in [-0.39, 0.29) is 6.61 Å². The highest BCUT2D eigenvalue weighted by Gasteiger charge is 2.25. The number of thiophene rings is 1. The predicted molar refractivity (Wildman–Crippen MR) is 122 cm³/mol. The van der Waals surface area contributed by atoms with Crippen LogP contribution < -0.4 is 9.75 Å². The predicted octanol–water partition coefficient (Wildman–Crippen LogP) is 3.26. The van der Waals surface area contributed by atoms with Gasteiger partial charge < -0.3 is 14.7 Å². The van der Waals surface area contributed by atoms with Gasteiger partial charge in [0.1, 0.15) is 19.2 Å². The molecule has 28 heavy (non-hydrogen) atoms. The van der Waals surface area contributed by atoms with Crippen LogP contribution in [0.5, 0.6) is 0 Å². The number of amidine groups is 1. The van der Waals surface area contributed by atoms with E-state index in [9.17, 15) is 5.11 Å². The summed E-state index contributed by atoms with van der Waals surface area (Å²) in [5, 5.41) is 12.4. The molecule has 4 nitrogen and oxygen atoms in total. The number of ether oxygens (including phenoxy) is 1. The first-order valence-corrected chi connectivity index (χ1v) is 14.1. The highest BCUT2D eigenvalue weighted by atomic mass is 32.1. The van der Waals surface area contributed by atoms with Gasteiger partial charge in [-0.05, 0) is 18.2 Å². The van der Waals surface area contributed by atoms with Gasteiger partial charge in [-0.3, -0.25) is 0 Å². The molecule has 0 unspecified atom stereocenters. The van der Waals surface area contributed by atoms with E-state index < -0.39 is 8.07 Å². The number of hydrogen-bond acceptors (Lipinski definition) is 5. The average molecular weight is 411 g/mol. The molecule has 1 aliphatic heterocycles. The number of hydrogen-bond donors (Lipinski definition) is 1. The first kappa shape index (κ1) is 19.3. The minimum atomic E-state index is -1.15. The first-order valence-electron chi connectivity index (χ1n) is 9.61.